The minimum Gasteiger partial charge on any atom is -0.359 e. The molecule has 86 valence electrons. The van der Waals surface area contributed by atoms with E-state index in [0.717, 1.165) is 27.9 Å². The number of nitrogens with one attached hydrogen (secondary N) is 1. The number of H-pyrrole nitrogens is 1. The van der Waals surface area contributed by atoms with E-state index >= 15 is 0 Å². The number of aromatic nitrogens is 2. The molecule has 0 atom stereocenters. The molecule has 3 rings (SSSR count). The first kappa shape index (κ1) is 10.5. The second-order valence-corrected chi connectivity index (χ2v) is 4.21. The Balaban J connectivity index is 2.29. The number of hydrogen-bond donors (Lipinski definition) is 1. The van der Waals surface area contributed by atoms with Crippen molar-refractivity contribution in [2.45, 2.75) is 6.92 Å². The van der Waals surface area contributed by atoms with Gasteiger partial charge < -0.3 is 4.98 Å². The van der Waals surface area contributed by atoms with Crippen molar-refractivity contribution in [2.75, 3.05) is 0 Å². The van der Waals surface area contributed by atoms with Crippen molar-refractivity contribution in [1.29, 1.82) is 5.26 Å². The lowest BCUT2D eigenvalue weighted by atomic mass is 10.1. The predicted molar refractivity (Wildman–Crippen MR) is 71.0 cm³/mol. The van der Waals surface area contributed by atoms with Gasteiger partial charge in [-0.15, -0.1) is 0 Å². The molecule has 0 aliphatic heterocycles. The monoisotopic (exact) mass is 233 g/mol. The van der Waals surface area contributed by atoms with Gasteiger partial charge in [0, 0.05) is 22.8 Å². The maximum Gasteiger partial charge on any atom is 0.101 e. The predicted octanol–water partition coefficient (Wildman–Crippen LogP) is 3.41. The Morgan fingerprint density at radius 1 is 1.17 bits per heavy atom. The Morgan fingerprint density at radius 2 is 2.00 bits per heavy atom. The van der Waals surface area contributed by atoms with E-state index in [-0.39, 0.29) is 0 Å². The molecule has 0 saturated heterocycles. The number of rotatable bonds is 1. The number of nitrogens with zero attached hydrogens (tertiary/aromatic N) is 2. The van der Waals surface area contributed by atoms with Crippen LogP contribution in [0.25, 0.3) is 22.2 Å². The molecule has 1 aromatic carbocycles. The molecule has 3 nitrogen and oxygen atoms in total. The summed E-state index contributed by atoms with van der Waals surface area (Å²) in [4.78, 5) is 7.68. The normalized spacial score (nSPS) is 10.4. The average Bonchev–Trinajstić information content (AvgIpc) is 2.82. The van der Waals surface area contributed by atoms with Crippen LogP contribution in [0, 0.1) is 18.3 Å². The van der Waals surface area contributed by atoms with E-state index in [2.05, 4.69) is 16.0 Å². The highest BCUT2D eigenvalue weighted by molar-refractivity contribution is 5.97. The topological polar surface area (TPSA) is 52.5 Å². The first-order valence-electron chi connectivity index (χ1n) is 5.74. The molecule has 0 amide bonds. The molecule has 2 aromatic heterocycles. The zero-order chi connectivity index (χ0) is 12.5. The lowest BCUT2D eigenvalue weighted by Gasteiger charge is -2.00. The SMILES string of the molecule is Cc1cccc(-c2c[nH]c3c(C#N)cccc23)n1. The molecule has 0 fully saturated rings. The summed E-state index contributed by atoms with van der Waals surface area (Å²) in [7, 11) is 0. The number of fused-ring (bicyclic) bond motifs is 1. The molecule has 0 spiro atoms. The van der Waals surface area contributed by atoms with Crippen LogP contribution in [0.1, 0.15) is 11.3 Å². The van der Waals surface area contributed by atoms with Crippen LogP contribution in [0.3, 0.4) is 0 Å². The van der Waals surface area contributed by atoms with Gasteiger partial charge in [-0.1, -0.05) is 18.2 Å². The van der Waals surface area contributed by atoms with Gasteiger partial charge in [0.2, 0.25) is 0 Å². The molecule has 0 radical (unpaired) electrons. The number of para-hydroxylation sites is 1. The van der Waals surface area contributed by atoms with E-state index in [1.54, 1.807) is 0 Å². The summed E-state index contributed by atoms with van der Waals surface area (Å²) >= 11 is 0. The summed E-state index contributed by atoms with van der Waals surface area (Å²) in [6.07, 6.45) is 1.91. The van der Waals surface area contributed by atoms with Gasteiger partial charge in [0.1, 0.15) is 6.07 Å². The minimum atomic E-state index is 0.659. The molecule has 2 heterocycles. The maximum absolute atomic E-state index is 9.07. The van der Waals surface area contributed by atoms with Gasteiger partial charge in [0.15, 0.2) is 0 Å². The highest BCUT2D eigenvalue weighted by Gasteiger charge is 2.09. The van der Waals surface area contributed by atoms with Crippen molar-refractivity contribution in [3.8, 4) is 17.3 Å². The van der Waals surface area contributed by atoms with Gasteiger partial charge in [0.05, 0.1) is 16.8 Å². The van der Waals surface area contributed by atoms with Crippen LogP contribution in [-0.4, -0.2) is 9.97 Å². The van der Waals surface area contributed by atoms with Crippen molar-refractivity contribution in [2.24, 2.45) is 0 Å². The van der Waals surface area contributed by atoms with Gasteiger partial charge in [-0.05, 0) is 25.1 Å². The lowest BCUT2D eigenvalue weighted by molar-refractivity contribution is 1.21. The quantitative estimate of drug-likeness (QED) is 0.700. The molecule has 0 aliphatic carbocycles. The summed E-state index contributed by atoms with van der Waals surface area (Å²) in [5.74, 6) is 0. The number of aromatic amines is 1. The Kier molecular flexibility index (Phi) is 2.35. The second kappa shape index (κ2) is 4.01. The van der Waals surface area contributed by atoms with Gasteiger partial charge >= 0.3 is 0 Å². The molecule has 1 N–H and O–H groups in total. The summed E-state index contributed by atoms with van der Waals surface area (Å²) in [6.45, 7) is 1.97. The second-order valence-electron chi connectivity index (χ2n) is 4.21. The molecule has 0 saturated carbocycles. The summed E-state index contributed by atoms with van der Waals surface area (Å²) in [5.41, 5.74) is 4.48. The standard InChI is InChI=1S/C15H11N3/c1-10-4-2-7-14(18-10)13-9-17-15-11(8-16)5-3-6-12(13)15/h2-7,9,17H,1H3. The van der Waals surface area contributed by atoms with Crippen molar-refractivity contribution in [3.63, 3.8) is 0 Å². The number of nitriles is 1. The Labute approximate surface area is 105 Å². The van der Waals surface area contributed by atoms with E-state index in [4.69, 9.17) is 5.26 Å². The van der Waals surface area contributed by atoms with Crippen LogP contribution in [0.2, 0.25) is 0 Å². The third kappa shape index (κ3) is 1.56. The van der Waals surface area contributed by atoms with Crippen LogP contribution < -0.4 is 0 Å². The maximum atomic E-state index is 9.07. The van der Waals surface area contributed by atoms with E-state index in [1.165, 1.54) is 0 Å². The smallest absolute Gasteiger partial charge is 0.101 e. The Hall–Kier alpha value is -2.60. The highest BCUT2D eigenvalue weighted by Crippen LogP contribution is 2.28. The first-order valence-corrected chi connectivity index (χ1v) is 5.74. The van der Waals surface area contributed by atoms with Crippen molar-refractivity contribution >= 4 is 10.9 Å². The van der Waals surface area contributed by atoms with Gasteiger partial charge in [-0.3, -0.25) is 4.98 Å². The number of aryl methyl sites for hydroxylation is 1. The van der Waals surface area contributed by atoms with Crippen molar-refractivity contribution in [1.82, 2.24) is 9.97 Å². The van der Waals surface area contributed by atoms with Crippen LogP contribution in [0.4, 0.5) is 0 Å². The van der Waals surface area contributed by atoms with Gasteiger partial charge in [-0.25, -0.2) is 0 Å². The Bertz CT molecular complexity index is 763. The average molecular weight is 233 g/mol. The van der Waals surface area contributed by atoms with Crippen LogP contribution in [0.5, 0.6) is 0 Å². The van der Waals surface area contributed by atoms with Crippen LogP contribution >= 0.6 is 0 Å². The first-order chi connectivity index (χ1) is 8.79. The lowest BCUT2D eigenvalue weighted by Crippen LogP contribution is -1.84. The molecule has 3 heteroatoms. The zero-order valence-electron chi connectivity index (χ0n) is 9.94. The fraction of sp³-hybridized carbons (Fsp3) is 0.0667. The molecule has 3 aromatic rings. The Morgan fingerprint density at radius 3 is 2.78 bits per heavy atom. The molecular weight excluding hydrogens is 222 g/mol. The summed E-state index contributed by atoms with van der Waals surface area (Å²) in [5, 5.41) is 10.1. The largest absolute Gasteiger partial charge is 0.359 e. The summed E-state index contributed by atoms with van der Waals surface area (Å²) < 4.78 is 0. The van der Waals surface area contributed by atoms with E-state index in [0.29, 0.717) is 5.56 Å². The third-order valence-electron chi connectivity index (χ3n) is 3.00. The minimum absolute atomic E-state index is 0.659. The van der Waals surface area contributed by atoms with Gasteiger partial charge in [0.25, 0.3) is 0 Å². The fourth-order valence-electron chi connectivity index (χ4n) is 2.15. The van der Waals surface area contributed by atoms with E-state index < -0.39 is 0 Å². The zero-order valence-corrected chi connectivity index (χ0v) is 9.94. The molecule has 0 bridgehead atoms. The van der Waals surface area contributed by atoms with Crippen molar-refractivity contribution < 1.29 is 0 Å². The van der Waals surface area contributed by atoms with Gasteiger partial charge in [-0.2, -0.15) is 5.26 Å². The van der Waals surface area contributed by atoms with E-state index in [9.17, 15) is 0 Å². The molecule has 18 heavy (non-hydrogen) atoms. The molecule has 0 aliphatic rings. The van der Waals surface area contributed by atoms with Crippen molar-refractivity contribution in [3.05, 3.63) is 53.9 Å². The number of benzene rings is 1. The fourth-order valence-corrected chi connectivity index (χ4v) is 2.15. The molecule has 0 unspecified atom stereocenters. The molecular formula is C15H11N3. The summed E-state index contributed by atoms with van der Waals surface area (Å²) in [6, 6.07) is 13.9. The number of pyridine rings is 1. The third-order valence-corrected chi connectivity index (χ3v) is 3.00. The highest BCUT2D eigenvalue weighted by atomic mass is 14.7. The van der Waals surface area contributed by atoms with E-state index in [1.807, 2.05) is 49.5 Å². The van der Waals surface area contributed by atoms with Crippen LogP contribution in [0.15, 0.2) is 42.6 Å². The van der Waals surface area contributed by atoms with Crippen LogP contribution in [-0.2, 0) is 0 Å². The number of hydrogen-bond acceptors (Lipinski definition) is 2.